The molecule has 1 aromatic heterocycles. The summed E-state index contributed by atoms with van der Waals surface area (Å²) in [7, 11) is 0. The molecule has 3 rings (SSSR count). The van der Waals surface area contributed by atoms with Crippen molar-refractivity contribution in [3.8, 4) is 0 Å². The zero-order chi connectivity index (χ0) is 17.4. The Balaban J connectivity index is 0.000000194. The van der Waals surface area contributed by atoms with Crippen LogP contribution in [0.3, 0.4) is 0 Å². The smallest absolute Gasteiger partial charge is 0.328 e. The molecule has 0 aliphatic carbocycles. The molecule has 5 N–H and O–H groups in total. The fourth-order valence-corrected chi connectivity index (χ4v) is 2.38. The summed E-state index contributed by atoms with van der Waals surface area (Å²) >= 11 is 0. The molecule has 9 nitrogen and oxygen atoms in total. The van der Waals surface area contributed by atoms with Gasteiger partial charge in [0.05, 0.1) is 12.9 Å². The van der Waals surface area contributed by atoms with Gasteiger partial charge in [-0.25, -0.2) is 4.79 Å². The average Bonchev–Trinajstić information content (AvgIpc) is 3.24. The third kappa shape index (κ3) is 4.74. The van der Waals surface area contributed by atoms with Crippen molar-refractivity contribution in [2.24, 2.45) is 10.7 Å². The minimum atomic E-state index is -0.895. The molecule has 0 fully saturated rings. The van der Waals surface area contributed by atoms with E-state index in [1.165, 1.54) is 0 Å². The third-order valence-electron chi connectivity index (χ3n) is 3.59. The summed E-state index contributed by atoms with van der Waals surface area (Å²) < 4.78 is 0. The molecule has 0 spiro atoms. The van der Waals surface area contributed by atoms with E-state index in [2.05, 4.69) is 25.7 Å². The Bertz CT molecular complexity index is 642. The van der Waals surface area contributed by atoms with Crippen molar-refractivity contribution in [2.75, 3.05) is 26.2 Å². The molecule has 9 heteroatoms. The summed E-state index contributed by atoms with van der Waals surface area (Å²) in [5.74, 6) is -0.895. The maximum atomic E-state index is 11.1. The lowest BCUT2D eigenvalue weighted by Crippen LogP contribution is -2.55. The highest BCUT2D eigenvalue weighted by atomic mass is 16.4. The number of hydrogen-bond donors (Lipinski definition) is 4. The molecule has 0 saturated carbocycles. The number of hydrogen-bond acceptors (Lipinski definition) is 7. The zero-order valence-electron chi connectivity index (χ0n) is 13.6. The molecule has 0 amide bonds. The number of fused-ring (bicyclic) bond motifs is 1. The van der Waals surface area contributed by atoms with Crippen LogP contribution in [0.25, 0.3) is 11.0 Å². The van der Waals surface area contributed by atoms with Crippen LogP contribution in [0.2, 0.25) is 0 Å². The first kappa shape index (κ1) is 17.8. The second-order valence-electron chi connectivity index (χ2n) is 5.33. The fraction of sp³-hybridized carbons (Fsp3) is 0.467. The number of para-hydroxylation sites is 2. The minimum absolute atomic E-state index is 0.424. The van der Waals surface area contributed by atoms with E-state index in [0.717, 1.165) is 17.6 Å². The molecule has 1 aliphatic heterocycles. The number of aromatic nitrogens is 3. The summed E-state index contributed by atoms with van der Waals surface area (Å²) in [5.41, 5.74) is 7.67. The maximum absolute atomic E-state index is 11.1. The Labute approximate surface area is 139 Å². The molecule has 0 bridgehead atoms. The second-order valence-corrected chi connectivity index (χ2v) is 5.33. The van der Waals surface area contributed by atoms with Crippen LogP contribution < -0.4 is 11.1 Å². The zero-order valence-corrected chi connectivity index (χ0v) is 13.6. The standard InChI is InChI=1S/C9H18N4O2.C6H5N3/c1-2-11-5-7(10)8(9(14)15)13-4-3-12-6-13;1-2-4-6-5(3-1)7-9-8-6/h6-8,11H,2-5,10H2,1H3,(H,14,15);1-4H,(H,7,8,9). The number of rotatable bonds is 6. The molecule has 2 aromatic rings. The van der Waals surface area contributed by atoms with Crippen molar-refractivity contribution >= 4 is 23.3 Å². The van der Waals surface area contributed by atoms with Crippen LogP contribution in [0, 0.1) is 0 Å². The van der Waals surface area contributed by atoms with Crippen LogP contribution in [0.15, 0.2) is 29.3 Å². The highest BCUT2D eigenvalue weighted by Crippen LogP contribution is 2.05. The first-order valence-electron chi connectivity index (χ1n) is 7.83. The number of nitrogens with two attached hydrogens (primary N) is 1. The number of nitrogens with one attached hydrogen (secondary N) is 2. The normalized spacial score (nSPS) is 15.8. The topological polar surface area (TPSA) is 133 Å². The predicted octanol–water partition coefficient (Wildman–Crippen LogP) is -0.322. The first-order valence-corrected chi connectivity index (χ1v) is 7.83. The van der Waals surface area contributed by atoms with Crippen LogP contribution >= 0.6 is 0 Å². The summed E-state index contributed by atoms with van der Waals surface area (Å²) in [6.07, 6.45) is 1.57. The number of H-pyrrole nitrogens is 1. The van der Waals surface area contributed by atoms with E-state index in [9.17, 15) is 4.79 Å². The van der Waals surface area contributed by atoms with Gasteiger partial charge in [0.15, 0.2) is 0 Å². The number of carboxylic acid groups (broad SMARTS) is 1. The number of benzene rings is 1. The van der Waals surface area contributed by atoms with Crippen LogP contribution in [-0.4, -0.2) is 76.0 Å². The number of aliphatic imine (C=N–C) groups is 1. The van der Waals surface area contributed by atoms with Crippen molar-refractivity contribution in [3.05, 3.63) is 24.3 Å². The molecule has 0 radical (unpaired) electrons. The Morgan fingerprint density at radius 1 is 1.42 bits per heavy atom. The number of aliphatic carboxylic acids is 1. The van der Waals surface area contributed by atoms with Crippen LogP contribution in [0.1, 0.15) is 6.92 Å². The SMILES string of the molecule is CCNCC(N)C(C(=O)O)N1C=NCC1.c1ccc2n[nH]nc2c1. The highest BCUT2D eigenvalue weighted by Gasteiger charge is 2.30. The number of carboxylic acids is 1. The number of nitrogens with zero attached hydrogens (tertiary/aromatic N) is 4. The van der Waals surface area contributed by atoms with E-state index in [1.807, 2.05) is 31.2 Å². The van der Waals surface area contributed by atoms with E-state index in [1.54, 1.807) is 11.2 Å². The van der Waals surface area contributed by atoms with Gasteiger partial charge in [0, 0.05) is 19.1 Å². The van der Waals surface area contributed by atoms with Crippen molar-refractivity contribution in [3.63, 3.8) is 0 Å². The lowest BCUT2D eigenvalue weighted by Gasteiger charge is -2.28. The molecular weight excluding hydrogens is 310 g/mol. The van der Waals surface area contributed by atoms with Gasteiger partial charge >= 0.3 is 5.97 Å². The highest BCUT2D eigenvalue weighted by molar-refractivity contribution is 5.78. The number of aromatic amines is 1. The molecule has 1 aliphatic rings. The van der Waals surface area contributed by atoms with Gasteiger partial charge in [-0.15, -0.1) is 0 Å². The molecule has 130 valence electrons. The fourth-order valence-electron chi connectivity index (χ4n) is 2.38. The first-order chi connectivity index (χ1) is 11.6. The lowest BCUT2D eigenvalue weighted by molar-refractivity contribution is -0.142. The quantitative estimate of drug-likeness (QED) is 0.569. The second kappa shape index (κ2) is 8.94. The van der Waals surface area contributed by atoms with Crippen LogP contribution in [-0.2, 0) is 4.79 Å². The monoisotopic (exact) mass is 333 g/mol. The van der Waals surface area contributed by atoms with Gasteiger partial charge in [-0.05, 0) is 18.7 Å². The Morgan fingerprint density at radius 3 is 2.58 bits per heavy atom. The van der Waals surface area contributed by atoms with Crippen molar-refractivity contribution in [1.29, 1.82) is 0 Å². The lowest BCUT2D eigenvalue weighted by atomic mass is 10.1. The van der Waals surface area contributed by atoms with Gasteiger partial charge in [0.1, 0.15) is 17.1 Å². The molecule has 2 unspecified atom stereocenters. The van der Waals surface area contributed by atoms with Gasteiger partial charge in [0.2, 0.25) is 0 Å². The Morgan fingerprint density at radius 2 is 2.08 bits per heavy atom. The van der Waals surface area contributed by atoms with Gasteiger partial charge in [-0.1, -0.05) is 19.1 Å². The van der Waals surface area contributed by atoms with Crippen molar-refractivity contribution in [2.45, 2.75) is 19.0 Å². The van der Waals surface area contributed by atoms with Crippen LogP contribution in [0.5, 0.6) is 0 Å². The number of likely N-dealkylation sites (N-methyl/N-ethyl adjacent to an activating group) is 1. The minimum Gasteiger partial charge on any atom is -0.480 e. The Kier molecular flexibility index (Phi) is 6.64. The molecule has 2 heterocycles. The maximum Gasteiger partial charge on any atom is 0.328 e. The molecule has 0 saturated heterocycles. The summed E-state index contributed by atoms with van der Waals surface area (Å²) in [4.78, 5) is 16.8. The largest absolute Gasteiger partial charge is 0.480 e. The van der Waals surface area contributed by atoms with E-state index >= 15 is 0 Å². The third-order valence-corrected chi connectivity index (χ3v) is 3.59. The summed E-state index contributed by atoms with van der Waals surface area (Å²) in [6.45, 7) is 4.53. The van der Waals surface area contributed by atoms with E-state index in [-0.39, 0.29) is 0 Å². The van der Waals surface area contributed by atoms with Crippen molar-refractivity contribution < 1.29 is 9.90 Å². The predicted molar refractivity (Wildman–Crippen MR) is 91.9 cm³/mol. The van der Waals surface area contributed by atoms with Gasteiger partial charge in [-0.3, -0.25) is 4.99 Å². The van der Waals surface area contributed by atoms with Gasteiger partial charge in [0.25, 0.3) is 0 Å². The van der Waals surface area contributed by atoms with Crippen LogP contribution in [0.4, 0.5) is 0 Å². The van der Waals surface area contributed by atoms with Gasteiger partial charge in [-0.2, -0.15) is 15.4 Å². The van der Waals surface area contributed by atoms with Gasteiger partial charge < -0.3 is 21.1 Å². The molecule has 2 atom stereocenters. The van der Waals surface area contributed by atoms with Crippen molar-refractivity contribution in [1.82, 2.24) is 25.6 Å². The molecular formula is C15H23N7O2. The molecule has 24 heavy (non-hydrogen) atoms. The Hall–Kier alpha value is -2.52. The summed E-state index contributed by atoms with van der Waals surface area (Å²) in [5, 5.41) is 22.4. The summed E-state index contributed by atoms with van der Waals surface area (Å²) in [6, 6.07) is 6.59. The average molecular weight is 333 g/mol. The van der Waals surface area contributed by atoms with E-state index in [0.29, 0.717) is 19.6 Å². The van der Waals surface area contributed by atoms with E-state index in [4.69, 9.17) is 10.8 Å². The number of carbonyl (C=O) groups is 1. The van der Waals surface area contributed by atoms with E-state index < -0.39 is 18.1 Å². The molecule has 1 aromatic carbocycles.